The second-order valence-corrected chi connectivity index (χ2v) is 6.69. The number of aromatic amines is 1. The first-order valence-corrected chi connectivity index (χ1v) is 8.23. The Balaban J connectivity index is 2.03. The van der Waals surface area contributed by atoms with Crippen LogP contribution in [-0.4, -0.2) is 9.97 Å². The Bertz CT molecular complexity index is 792. The number of thiazole rings is 1. The lowest BCUT2D eigenvalue weighted by Crippen LogP contribution is -2.07. The molecule has 0 bridgehead atoms. The first-order chi connectivity index (χ1) is 9.69. The summed E-state index contributed by atoms with van der Waals surface area (Å²) in [6, 6.07) is 1.57. The van der Waals surface area contributed by atoms with Crippen molar-refractivity contribution in [2.75, 3.05) is 5.32 Å². The maximum absolute atomic E-state index is 11.8. The van der Waals surface area contributed by atoms with Crippen molar-refractivity contribution in [3.05, 3.63) is 42.9 Å². The summed E-state index contributed by atoms with van der Waals surface area (Å²) in [7, 11) is 0. The van der Waals surface area contributed by atoms with Crippen molar-refractivity contribution in [1.82, 2.24) is 9.97 Å². The van der Waals surface area contributed by atoms with Gasteiger partial charge < -0.3 is 10.3 Å². The zero-order valence-electron chi connectivity index (χ0n) is 10.7. The second kappa shape index (κ2) is 5.55. The second-order valence-electron chi connectivity index (χ2n) is 4.22. The molecule has 3 heterocycles. The number of nitrogens with one attached hydrogen (secondary N) is 2. The average molecular weight is 326 g/mol. The van der Waals surface area contributed by atoms with Gasteiger partial charge >= 0.3 is 0 Å². The number of hydrogen-bond donors (Lipinski definition) is 2. The number of H-pyrrole nitrogens is 1. The van der Waals surface area contributed by atoms with E-state index in [9.17, 15) is 4.79 Å². The highest BCUT2D eigenvalue weighted by atomic mass is 35.5. The molecule has 4 nitrogen and oxygen atoms in total. The molecular weight excluding hydrogens is 314 g/mol. The highest BCUT2D eigenvalue weighted by molar-refractivity contribution is 7.20. The Kier molecular flexibility index (Phi) is 3.78. The molecule has 0 aliphatic carbocycles. The molecule has 3 aromatic rings. The molecule has 0 saturated carbocycles. The fraction of sp³-hybridized carbons (Fsp3) is 0.231. The first kappa shape index (κ1) is 13.6. The van der Waals surface area contributed by atoms with E-state index in [1.54, 1.807) is 34.9 Å². The van der Waals surface area contributed by atoms with E-state index in [-0.39, 0.29) is 5.56 Å². The summed E-state index contributed by atoms with van der Waals surface area (Å²) in [5, 5.41) is 6.85. The Labute approximate surface area is 128 Å². The van der Waals surface area contributed by atoms with E-state index in [0.29, 0.717) is 11.6 Å². The highest BCUT2D eigenvalue weighted by Gasteiger charge is 2.13. The Morgan fingerprint density at radius 3 is 3.05 bits per heavy atom. The quantitative estimate of drug-likeness (QED) is 0.765. The molecular formula is C13H12ClN3OS2. The predicted octanol–water partition coefficient (Wildman–Crippen LogP) is 3.87. The minimum atomic E-state index is -0.151. The summed E-state index contributed by atoms with van der Waals surface area (Å²) < 4.78 is 0.989. The van der Waals surface area contributed by atoms with Gasteiger partial charge in [0.25, 0.3) is 5.56 Å². The van der Waals surface area contributed by atoms with E-state index in [0.717, 1.165) is 32.2 Å². The van der Waals surface area contributed by atoms with E-state index >= 15 is 0 Å². The summed E-state index contributed by atoms with van der Waals surface area (Å²) >= 11 is 9.50. The summed E-state index contributed by atoms with van der Waals surface area (Å²) in [4.78, 5) is 19.9. The normalized spacial score (nSPS) is 11.1. The fourth-order valence-electron chi connectivity index (χ4n) is 1.99. The van der Waals surface area contributed by atoms with Crippen molar-refractivity contribution in [3.8, 4) is 0 Å². The molecule has 7 heteroatoms. The van der Waals surface area contributed by atoms with Gasteiger partial charge in [0.1, 0.15) is 5.01 Å². The molecule has 0 unspecified atom stereocenters. The third-order valence-electron chi connectivity index (χ3n) is 2.92. The predicted molar refractivity (Wildman–Crippen MR) is 86.3 cm³/mol. The molecule has 0 saturated heterocycles. The van der Waals surface area contributed by atoms with Crippen LogP contribution in [0.4, 0.5) is 5.69 Å². The zero-order chi connectivity index (χ0) is 14.1. The van der Waals surface area contributed by atoms with Crippen molar-refractivity contribution >= 4 is 50.2 Å². The van der Waals surface area contributed by atoms with Crippen LogP contribution in [0, 0.1) is 0 Å². The smallest absolute Gasteiger partial charge is 0.250 e. The van der Waals surface area contributed by atoms with E-state index < -0.39 is 0 Å². The first-order valence-electron chi connectivity index (χ1n) is 6.15. The minimum absolute atomic E-state index is 0.151. The third-order valence-corrected chi connectivity index (χ3v) is 5.60. The molecule has 0 aromatic carbocycles. The van der Waals surface area contributed by atoms with Crippen LogP contribution in [0.15, 0.2) is 22.4 Å². The number of hydrogen-bond acceptors (Lipinski definition) is 5. The van der Waals surface area contributed by atoms with Crippen LogP contribution >= 0.6 is 34.3 Å². The molecule has 3 aromatic heterocycles. The standard InChI is InChI=1S/C13H12ClN3OS2/c1-2-8-11(14)12-13(20-8)7(5-9(18)17-12)16-6-10-15-3-4-19-10/h3-5H,2,6H2,1H3,(H2,16,17,18). The number of halogens is 1. The van der Waals surface area contributed by atoms with Gasteiger partial charge in [-0.2, -0.15) is 0 Å². The fourth-order valence-corrected chi connectivity index (χ4v) is 4.07. The van der Waals surface area contributed by atoms with Gasteiger partial charge in [-0.05, 0) is 6.42 Å². The third kappa shape index (κ3) is 2.46. The van der Waals surface area contributed by atoms with E-state index in [1.165, 1.54) is 0 Å². The monoisotopic (exact) mass is 325 g/mol. The van der Waals surface area contributed by atoms with E-state index in [4.69, 9.17) is 11.6 Å². The molecule has 3 rings (SSSR count). The lowest BCUT2D eigenvalue weighted by molar-refractivity contribution is 1.10. The number of nitrogens with zero attached hydrogens (tertiary/aromatic N) is 1. The molecule has 0 spiro atoms. The number of aromatic nitrogens is 2. The highest BCUT2D eigenvalue weighted by Crippen LogP contribution is 2.37. The molecule has 0 radical (unpaired) electrons. The Morgan fingerprint density at radius 2 is 2.35 bits per heavy atom. The van der Waals surface area contributed by atoms with Gasteiger partial charge in [0.15, 0.2) is 0 Å². The number of rotatable bonds is 4. The zero-order valence-corrected chi connectivity index (χ0v) is 13.1. The van der Waals surface area contributed by atoms with Gasteiger partial charge in [0, 0.05) is 22.5 Å². The molecule has 0 aliphatic rings. The van der Waals surface area contributed by atoms with Gasteiger partial charge in [-0.25, -0.2) is 4.98 Å². The van der Waals surface area contributed by atoms with Crippen LogP contribution in [0.5, 0.6) is 0 Å². The molecule has 20 heavy (non-hydrogen) atoms. The number of thiophene rings is 1. The number of aryl methyl sites for hydroxylation is 1. The minimum Gasteiger partial charge on any atom is -0.377 e. The number of fused-ring (bicyclic) bond motifs is 1. The number of pyridine rings is 1. The molecule has 2 N–H and O–H groups in total. The van der Waals surface area contributed by atoms with Gasteiger partial charge in [-0.15, -0.1) is 22.7 Å². The van der Waals surface area contributed by atoms with Crippen molar-refractivity contribution in [1.29, 1.82) is 0 Å². The maximum atomic E-state index is 11.8. The van der Waals surface area contributed by atoms with Crippen molar-refractivity contribution in [2.45, 2.75) is 19.9 Å². The summed E-state index contributed by atoms with van der Waals surface area (Å²) in [5.41, 5.74) is 1.38. The van der Waals surface area contributed by atoms with Gasteiger partial charge in [0.2, 0.25) is 0 Å². The maximum Gasteiger partial charge on any atom is 0.250 e. The van der Waals surface area contributed by atoms with Crippen molar-refractivity contribution in [3.63, 3.8) is 0 Å². The largest absolute Gasteiger partial charge is 0.377 e. The Hall–Kier alpha value is -1.37. The van der Waals surface area contributed by atoms with E-state index in [2.05, 4.69) is 22.2 Å². The van der Waals surface area contributed by atoms with Gasteiger partial charge in [-0.3, -0.25) is 4.79 Å². The lowest BCUT2D eigenvalue weighted by Gasteiger charge is -2.05. The summed E-state index contributed by atoms with van der Waals surface area (Å²) in [5.74, 6) is 0. The van der Waals surface area contributed by atoms with Crippen LogP contribution in [0.25, 0.3) is 10.2 Å². The van der Waals surface area contributed by atoms with Crippen LogP contribution in [-0.2, 0) is 13.0 Å². The van der Waals surface area contributed by atoms with Crippen molar-refractivity contribution in [2.24, 2.45) is 0 Å². The average Bonchev–Trinajstić information content (AvgIpc) is 3.05. The van der Waals surface area contributed by atoms with Crippen molar-refractivity contribution < 1.29 is 0 Å². The molecule has 0 atom stereocenters. The van der Waals surface area contributed by atoms with Crippen LogP contribution in [0.3, 0.4) is 0 Å². The number of anilines is 1. The molecule has 0 aliphatic heterocycles. The summed E-state index contributed by atoms with van der Waals surface area (Å²) in [6.45, 7) is 2.66. The molecule has 104 valence electrons. The van der Waals surface area contributed by atoms with Crippen LogP contribution in [0.2, 0.25) is 5.02 Å². The van der Waals surface area contributed by atoms with Crippen LogP contribution < -0.4 is 10.9 Å². The SMILES string of the molecule is CCc1sc2c(NCc3nccs3)cc(=O)[nH]c2c1Cl. The van der Waals surface area contributed by atoms with Gasteiger partial charge in [-0.1, -0.05) is 18.5 Å². The summed E-state index contributed by atoms with van der Waals surface area (Å²) in [6.07, 6.45) is 2.62. The lowest BCUT2D eigenvalue weighted by atomic mass is 10.3. The molecule has 0 fully saturated rings. The van der Waals surface area contributed by atoms with E-state index in [1.807, 2.05) is 5.38 Å². The Morgan fingerprint density at radius 1 is 1.50 bits per heavy atom. The van der Waals surface area contributed by atoms with Crippen LogP contribution in [0.1, 0.15) is 16.8 Å². The topological polar surface area (TPSA) is 57.8 Å². The van der Waals surface area contributed by atoms with Gasteiger partial charge in [0.05, 0.1) is 27.5 Å². The molecule has 0 amide bonds.